The first-order valence-electron chi connectivity index (χ1n) is 13.2. The van der Waals surface area contributed by atoms with Crippen LogP contribution in [0.5, 0.6) is 0 Å². The lowest BCUT2D eigenvalue weighted by atomic mass is 9.82. The first-order valence-corrected chi connectivity index (χ1v) is 13.6. The maximum Gasteiger partial charge on any atom is 0.408 e. The summed E-state index contributed by atoms with van der Waals surface area (Å²) in [6.07, 6.45) is 2.02. The van der Waals surface area contributed by atoms with E-state index in [2.05, 4.69) is 16.0 Å². The number of hydrogen-bond donors (Lipinski definition) is 3. The highest BCUT2D eigenvalue weighted by molar-refractivity contribution is 6.30. The highest BCUT2D eigenvalue weighted by atomic mass is 35.5. The summed E-state index contributed by atoms with van der Waals surface area (Å²) in [5.41, 5.74) is -0.0714. The number of alkyl halides is 2. The highest BCUT2D eigenvalue weighted by Gasteiger charge is 2.49. The van der Waals surface area contributed by atoms with Crippen LogP contribution in [0.15, 0.2) is 24.3 Å². The fourth-order valence-corrected chi connectivity index (χ4v) is 5.54. The lowest BCUT2D eigenvalue weighted by Crippen LogP contribution is -2.51. The molecule has 1 aliphatic heterocycles. The standard InChI is InChI=1S/C27H33ClF2N4O4/c28-20-5-1-4-19(15-20)26(10-11-26)38-25(37)34-22(13-17-6-8-27(29,30)9-7-17)24(36)33-21(16-31)14-18-3-2-12-32-23(18)35/h1,4-5,15,17-18,21-22H,2-3,6-14H2,(H,32,35)(H,33,36)(H,34,37)/t18-,21-,22-/m0/s1. The van der Waals surface area contributed by atoms with E-state index >= 15 is 0 Å². The smallest absolute Gasteiger partial charge is 0.408 e. The Kier molecular flexibility index (Phi) is 8.76. The van der Waals surface area contributed by atoms with Crippen molar-refractivity contribution < 1.29 is 27.9 Å². The van der Waals surface area contributed by atoms with Crippen molar-refractivity contribution in [1.82, 2.24) is 16.0 Å². The summed E-state index contributed by atoms with van der Waals surface area (Å²) in [4.78, 5) is 38.3. The Hall–Kier alpha value is -2.93. The van der Waals surface area contributed by atoms with Crippen LogP contribution in [0.4, 0.5) is 13.6 Å². The highest BCUT2D eigenvalue weighted by Crippen LogP contribution is 2.49. The van der Waals surface area contributed by atoms with Gasteiger partial charge in [0.2, 0.25) is 17.7 Å². The number of carbonyl (C=O) groups is 3. The summed E-state index contributed by atoms with van der Waals surface area (Å²) in [5.74, 6) is -4.06. The van der Waals surface area contributed by atoms with E-state index in [1.165, 1.54) is 0 Å². The average molecular weight is 551 g/mol. The number of halogens is 3. The number of nitriles is 1. The predicted molar refractivity (Wildman–Crippen MR) is 135 cm³/mol. The zero-order valence-corrected chi connectivity index (χ0v) is 21.9. The van der Waals surface area contributed by atoms with Crippen LogP contribution in [0, 0.1) is 23.2 Å². The molecule has 4 rings (SSSR count). The molecule has 38 heavy (non-hydrogen) atoms. The molecule has 0 bridgehead atoms. The summed E-state index contributed by atoms with van der Waals surface area (Å²) >= 11 is 6.10. The van der Waals surface area contributed by atoms with Crippen LogP contribution in [0.3, 0.4) is 0 Å². The van der Waals surface area contributed by atoms with Gasteiger partial charge in [0.1, 0.15) is 17.7 Å². The Morgan fingerprint density at radius 1 is 1.16 bits per heavy atom. The Balaban J connectivity index is 1.42. The van der Waals surface area contributed by atoms with Crippen molar-refractivity contribution in [3.8, 4) is 6.07 Å². The number of alkyl carbamates (subject to hydrolysis) is 1. The predicted octanol–water partition coefficient (Wildman–Crippen LogP) is 4.56. The molecule has 3 aliphatic rings. The Morgan fingerprint density at radius 2 is 1.89 bits per heavy atom. The van der Waals surface area contributed by atoms with Gasteiger partial charge in [-0.15, -0.1) is 0 Å². The Labute approximate surface area is 225 Å². The first kappa shape index (κ1) is 28.1. The van der Waals surface area contributed by atoms with Gasteiger partial charge in [-0.3, -0.25) is 9.59 Å². The molecule has 2 aliphatic carbocycles. The largest absolute Gasteiger partial charge is 0.438 e. The SMILES string of the molecule is N#C[C@H](C[C@@H]1CCCNC1=O)NC(=O)[C@H](CC1CCC(F)(F)CC1)NC(=O)OC1(c2cccc(Cl)c2)CC1. The molecule has 3 fully saturated rings. The molecule has 2 saturated carbocycles. The maximum absolute atomic E-state index is 13.7. The van der Waals surface area contributed by atoms with Crippen LogP contribution in [-0.2, 0) is 19.9 Å². The average Bonchev–Trinajstić information content (AvgIpc) is 3.66. The van der Waals surface area contributed by atoms with Crippen LogP contribution in [0.2, 0.25) is 5.02 Å². The molecule has 11 heteroatoms. The third-order valence-corrected chi connectivity index (χ3v) is 7.98. The van der Waals surface area contributed by atoms with Crippen LogP contribution in [0.1, 0.15) is 69.8 Å². The van der Waals surface area contributed by atoms with Gasteiger partial charge in [-0.1, -0.05) is 23.7 Å². The maximum atomic E-state index is 13.7. The van der Waals surface area contributed by atoms with Gasteiger partial charge in [-0.05, 0) is 75.0 Å². The van der Waals surface area contributed by atoms with E-state index < -0.39 is 41.5 Å². The molecule has 0 unspecified atom stereocenters. The molecule has 206 valence electrons. The van der Waals surface area contributed by atoms with Crippen molar-refractivity contribution in [3.63, 3.8) is 0 Å². The molecule has 1 saturated heterocycles. The Bertz CT molecular complexity index is 1080. The summed E-state index contributed by atoms with van der Waals surface area (Å²) in [6, 6.07) is 7.05. The second-order valence-electron chi connectivity index (χ2n) is 10.7. The van der Waals surface area contributed by atoms with Gasteiger partial charge in [0.25, 0.3) is 0 Å². The van der Waals surface area contributed by atoms with Gasteiger partial charge >= 0.3 is 6.09 Å². The Morgan fingerprint density at radius 3 is 2.53 bits per heavy atom. The zero-order valence-electron chi connectivity index (χ0n) is 21.1. The van der Waals surface area contributed by atoms with Crippen LogP contribution >= 0.6 is 11.6 Å². The number of piperidine rings is 1. The molecule has 3 atom stereocenters. The quantitative estimate of drug-likeness (QED) is 0.416. The van der Waals surface area contributed by atoms with E-state index in [1.807, 2.05) is 12.1 Å². The number of carbonyl (C=O) groups excluding carboxylic acids is 3. The van der Waals surface area contributed by atoms with Gasteiger partial charge in [-0.25, -0.2) is 13.6 Å². The van der Waals surface area contributed by atoms with Crippen molar-refractivity contribution in [2.45, 2.75) is 87.8 Å². The van der Waals surface area contributed by atoms with Crippen LogP contribution in [0.25, 0.3) is 0 Å². The molecule has 0 radical (unpaired) electrons. The van der Waals surface area contributed by atoms with Crippen molar-refractivity contribution in [2.75, 3.05) is 6.54 Å². The third-order valence-electron chi connectivity index (χ3n) is 7.75. The van der Waals surface area contributed by atoms with Crippen molar-refractivity contribution in [1.29, 1.82) is 5.26 Å². The fraction of sp³-hybridized carbons (Fsp3) is 0.630. The minimum Gasteiger partial charge on any atom is -0.438 e. The molecule has 1 aromatic carbocycles. The van der Waals surface area contributed by atoms with E-state index in [1.54, 1.807) is 18.2 Å². The molecule has 3 N–H and O–H groups in total. The summed E-state index contributed by atoms with van der Waals surface area (Å²) in [7, 11) is 0. The van der Waals surface area contributed by atoms with E-state index in [0.29, 0.717) is 30.8 Å². The summed E-state index contributed by atoms with van der Waals surface area (Å²) < 4.78 is 33.1. The van der Waals surface area contributed by atoms with Crippen molar-refractivity contribution in [2.24, 2.45) is 11.8 Å². The van der Waals surface area contributed by atoms with Gasteiger partial charge in [0, 0.05) is 30.3 Å². The van der Waals surface area contributed by atoms with Gasteiger partial charge < -0.3 is 20.7 Å². The third kappa shape index (κ3) is 7.34. The molecule has 3 amide bonds. The van der Waals surface area contributed by atoms with Gasteiger partial charge in [0.15, 0.2) is 0 Å². The van der Waals surface area contributed by atoms with Crippen LogP contribution in [-0.4, -0.2) is 42.5 Å². The number of amides is 3. The monoisotopic (exact) mass is 550 g/mol. The molecular weight excluding hydrogens is 518 g/mol. The molecular formula is C27H33ClF2N4O4. The van der Waals surface area contributed by atoms with Gasteiger partial charge in [-0.2, -0.15) is 5.26 Å². The van der Waals surface area contributed by atoms with E-state index in [0.717, 1.165) is 12.0 Å². The topological polar surface area (TPSA) is 120 Å². The molecule has 1 aromatic rings. The fourth-order valence-electron chi connectivity index (χ4n) is 5.35. The number of ether oxygens (including phenoxy) is 1. The molecule has 0 spiro atoms. The summed E-state index contributed by atoms with van der Waals surface area (Å²) in [5, 5.41) is 18.2. The van der Waals surface area contributed by atoms with E-state index in [-0.39, 0.29) is 50.4 Å². The van der Waals surface area contributed by atoms with E-state index in [4.69, 9.17) is 16.3 Å². The molecule has 8 nitrogen and oxygen atoms in total. The number of benzene rings is 1. The lowest BCUT2D eigenvalue weighted by Gasteiger charge is -2.31. The number of hydrogen-bond acceptors (Lipinski definition) is 5. The minimum atomic E-state index is -2.72. The molecule has 1 heterocycles. The number of nitrogens with zero attached hydrogens (tertiary/aromatic N) is 1. The lowest BCUT2D eigenvalue weighted by molar-refractivity contribution is -0.128. The van der Waals surface area contributed by atoms with Crippen LogP contribution < -0.4 is 16.0 Å². The van der Waals surface area contributed by atoms with Crippen molar-refractivity contribution in [3.05, 3.63) is 34.9 Å². The number of rotatable bonds is 9. The summed E-state index contributed by atoms with van der Waals surface area (Å²) in [6.45, 7) is 0.587. The number of nitrogens with one attached hydrogen (secondary N) is 3. The second-order valence-corrected chi connectivity index (χ2v) is 11.1. The first-order chi connectivity index (χ1) is 18.1. The second kappa shape index (κ2) is 11.9. The normalized spacial score (nSPS) is 23.7. The van der Waals surface area contributed by atoms with Gasteiger partial charge in [0.05, 0.1) is 6.07 Å². The molecule has 0 aromatic heterocycles. The zero-order chi connectivity index (χ0) is 27.3. The van der Waals surface area contributed by atoms with E-state index in [9.17, 15) is 28.4 Å². The van der Waals surface area contributed by atoms with Crippen molar-refractivity contribution >= 4 is 29.5 Å². The minimum absolute atomic E-state index is 0.142.